The Labute approximate surface area is 209 Å². The van der Waals surface area contributed by atoms with Gasteiger partial charge in [-0.05, 0) is 30.5 Å². The summed E-state index contributed by atoms with van der Waals surface area (Å²) in [7, 11) is 3.04. The lowest BCUT2D eigenvalue weighted by Gasteiger charge is -2.39. The van der Waals surface area contributed by atoms with E-state index < -0.39 is 37.3 Å². The normalized spacial score (nSPS) is 31.8. The molecule has 1 fully saturated rings. The van der Waals surface area contributed by atoms with E-state index in [4.69, 9.17) is 23.7 Å². The Bertz CT molecular complexity index is 1030. The van der Waals surface area contributed by atoms with Crippen LogP contribution in [0.25, 0.3) is 0 Å². The minimum absolute atomic E-state index is 0.119. The summed E-state index contributed by atoms with van der Waals surface area (Å²) in [6, 6.07) is 5.26. The molecule has 0 saturated carbocycles. The van der Waals surface area contributed by atoms with Gasteiger partial charge in [0, 0.05) is 23.0 Å². The summed E-state index contributed by atoms with van der Waals surface area (Å²) in [6.07, 6.45) is -2.54. The summed E-state index contributed by atoms with van der Waals surface area (Å²) in [5.74, 6) is 0.679. The van der Waals surface area contributed by atoms with Crippen molar-refractivity contribution >= 4 is 0 Å². The second-order valence-electron chi connectivity index (χ2n) is 8.89. The van der Waals surface area contributed by atoms with Crippen LogP contribution in [0.2, 0.25) is 0 Å². The molecule has 2 aliphatic heterocycles. The molecule has 1 aromatic carbocycles. The third kappa shape index (κ3) is 4.60. The van der Waals surface area contributed by atoms with Gasteiger partial charge in [0.15, 0.2) is 17.3 Å². The number of hydrogen-bond acceptors (Lipinski definition) is 10. The first-order chi connectivity index (χ1) is 17.4. The molecule has 10 nitrogen and oxygen atoms in total. The van der Waals surface area contributed by atoms with Crippen LogP contribution in [0.1, 0.15) is 24.3 Å². The molecule has 1 saturated heterocycles. The molecule has 4 rings (SSSR count). The van der Waals surface area contributed by atoms with E-state index in [9.17, 15) is 25.5 Å². The van der Waals surface area contributed by atoms with Crippen molar-refractivity contribution in [2.75, 3.05) is 27.4 Å². The Morgan fingerprint density at radius 1 is 0.944 bits per heavy atom. The zero-order valence-electron chi connectivity index (χ0n) is 20.2. The monoisotopic (exact) mass is 505 g/mol. The third-order valence-electron chi connectivity index (χ3n) is 6.90. The maximum absolute atomic E-state index is 10.3. The molecule has 1 aromatic rings. The highest BCUT2D eigenvalue weighted by Gasteiger charge is 2.45. The molecule has 36 heavy (non-hydrogen) atoms. The van der Waals surface area contributed by atoms with Gasteiger partial charge in [0.05, 0.1) is 33.7 Å². The van der Waals surface area contributed by atoms with Crippen molar-refractivity contribution in [1.29, 1.82) is 0 Å². The van der Waals surface area contributed by atoms with E-state index in [1.165, 1.54) is 13.4 Å². The molecule has 3 aliphatic rings. The van der Waals surface area contributed by atoms with Crippen LogP contribution in [0, 0.1) is 12.8 Å². The lowest BCUT2D eigenvalue weighted by atomic mass is 9.82. The van der Waals surface area contributed by atoms with Gasteiger partial charge in [-0.2, -0.15) is 0 Å². The molecule has 2 heterocycles. The molecule has 5 N–H and O–H groups in total. The summed E-state index contributed by atoms with van der Waals surface area (Å²) in [6.45, 7) is 3.33. The fraction of sp³-hybridized carbons (Fsp3) is 0.500. The SMILES string of the molecule is [CH2]CCC1=C2C(OC)=COC=C2C(CO)C1c1ccc(O[C@H]2O[C@@H](CO)[C@H](O)[C@@H](O)[C@@H]2O)c(OC)c1. The number of aliphatic hydroxyl groups is 5. The van der Waals surface area contributed by atoms with E-state index >= 15 is 0 Å². The number of methoxy groups -OCH3 is 2. The molecule has 1 radical (unpaired) electrons. The first kappa shape index (κ1) is 26.5. The number of rotatable bonds is 9. The van der Waals surface area contributed by atoms with Crippen molar-refractivity contribution in [2.45, 2.75) is 49.5 Å². The highest BCUT2D eigenvalue weighted by Crippen LogP contribution is 2.53. The Hall–Kier alpha value is -2.60. The first-order valence-corrected chi connectivity index (χ1v) is 11.8. The van der Waals surface area contributed by atoms with Crippen LogP contribution >= 0.6 is 0 Å². The van der Waals surface area contributed by atoms with Gasteiger partial charge < -0.3 is 49.2 Å². The van der Waals surface area contributed by atoms with Crippen LogP contribution in [-0.2, 0) is 14.2 Å². The highest BCUT2D eigenvalue weighted by atomic mass is 16.7. The number of allylic oxidation sites excluding steroid dienone is 2. The summed E-state index contributed by atoms with van der Waals surface area (Å²) >= 11 is 0. The van der Waals surface area contributed by atoms with Crippen LogP contribution in [0.3, 0.4) is 0 Å². The van der Waals surface area contributed by atoms with Gasteiger partial charge >= 0.3 is 0 Å². The van der Waals surface area contributed by atoms with Crippen LogP contribution < -0.4 is 9.47 Å². The number of fused-ring (bicyclic) bond motifs is 1. The summed E-state index contributed by atoms with van der Waals surface area (Å²) in [5, 5.41) is 50.2. The van der Waals surface area contributed by atoms with Crippen molar-refractivity contribution in [3.8, 4) is 11.5 Å². The highest BCUT2D eigenvalue weighted by molar-refractivity contribution is 5.60. The van der Waals surface area contributed by atoms with E-state index in [-0.39, 0.29) is 24.2 Å². The second-order valence-corrected chi connectivity index (χ2v) is 8.89. The minimum Gasteiger partial charge on any atom is -0.493 e. The van der Waals surface area contributed by atoms with Crippen molar-refractivity contribution < 1.29 is 49.2 Å². The summed E-state index contributed by atoms with van der Waals surface area (Å²) in [4.78, 5) is 0. The molecular weight excluding hydrogens is 472 g/mol. The Morgan fingerprint density at radius 2 is 1.72 bits per heavy atom. The second kappa shape index (κ2) is 11.2. The average molecular weight is 506 g/mol. The van der Waals surface area contributed by atoms with E-state index in [1.807, 2.05) is 6.07 Å². The topological polar surface area (TPSA) is 147 Å². The molecule has 197 valence electrons. The van der Waals surface area contributed by atoms with Crippen LogP contribution in [-0.4, -0.2) is 83.7 Å². The molecule has 0 spiro atoms. The van der Waals surface area contributed by atoms with Gasteiger partial charge in [-0.1, -0.05) is 18.6 Å². The summed E-state index contributed by atoms with van der Waals surface area (Å²) in [5.41, 5.74) is 3.69. The van der Waals surface area contributed by atoms with Crippen LogP contribution in [0.4, 0.5) is 0 Å². The molecule has 2 unspecified atom stereocenters. The summed E-state index contributed by atoms with van der Waals surface area (Å²) < 4.78 is 27.8. The molecule has 0 bridgehead atoms. The molecule has 10 heteroatoms. The zero-order chi connectivity index (χ0) is 26.0. The molecule has 0 aromatic heterocycles. The smallest absolute Gasteiger partial charge is 0.229 e. The fourth-order valence-electron chi connectivity index (χ4n) is 5.15. The average Bonchev–Trinajstić information content (AvgIpc) is 3.22. The van der Waals surface area contributed by atoms with Gasteiger partial charge in [-0.25, -0.2) is 0 Å². The molecule has 0 amide bonds. The van der Waals surface area contributed by atoms with Crippen molar-refractivity contribution in [2.24, 2.45) is 5.92 Å². The zero-order valence-corrected chi connectivity index (χ0v) is 20.2. The van der Waals surface area contributed by atoms with Gasteiger partial charge in [0.2, 0.25) is 6.29 Å². The number of hydrogen-bond donors (Lipinski definition) is 5. The Morgan fingerprint density at radius 3 is 2.36 bits per heavy atom. The molecule has 1 aliphatic carbocycles. The molecule has 7 atom stereocenters. The van der Waals surface area contributed by atoms with E-state index in [0.29, 0.717) is 24.4 Å². The minimum atomic E-state index is -1.56. The van der Waals surface area contributed by atoms with E-state index in [2.05, 4.69) is 6.92 Å². The first-order valence-electron chi connectivity index (χ1n) is 11.8. The molecular formula is C26H33O10. The van der Waals surface area contributed by atoms with Crippen LogP contribution in [0.5, 0.6) is 11.5 Å². The standard InChI is InChI=1S/C26H33O10/c1-4-5-14-21(15(9-27)16-11-34-12-20(33-3)22(14)16)13-6-7-17(18(8-13)32-2)35-26-25(31)24(30)23(29)19(10-28)36-26/h6-8,11-12,15,19,21,23-31H,1,4-5,9-10H2,2-3H3/t15?,19-,21?,23-,24+,25-,26-/m0/s1. The Kier molecular flexibility index (Phi) is 8.23. The van der Waals surface area contributed by atoms with E-state index in [0.717, 1.165) is 22.3 Å². The largest absolute Gasteiger partial charge is 0.493 e. The van der Waals surface area contributed by atoms with Crippen molar-refractivity contribution in [3.05, 3.63) is 65.7 Å². The predicted octanol–water partition coefficient (Wildman–Crippen LogP) is 0.892. The fourth-order valence-corrected chi connectivity index (χ4v) is 5.15. The van der Waals surface area contributed by atoms with E-state index in [1.54, 1.807) is 25.5 Å². The van der Waals surface area contributed by atoms with Crippen molar-refractivity contribution in [1.82, 2.24) is 0 Å². The number of aliphatic hydroxyl groups excluding tert-OH is 5. The van der Waals surface area contributed by atoms with Gasteiger partial charge in [-0.15, -0.1) is 0 Å². The van der Waals surface area contributed by atoms with Crippen molar-refractivity contribution in [3.63, 3.8) is 0 Å². The van der Waals surface area contributed by atoms with Gasteiger partial charge in [0.25, 0.3) is 0 Å². The quantitative estimate of drug-likeness (QED) is 0.328. The number of ether oxygens (including phenoxy) is 5. The predicted molar refractivity (Wildman–Crippen MR) is 127 cm³/mol. The lowest BCUT2D eigenvalue weighted by molar-refractivity contribution is -0.277. The Balaban J connectivity index is 1.68. The van der Waals surface area contributed by atoms with Crippen LogP contribution in [0.15, 0.2) is 53.2 Å². The van der Waals surface area contributed by atoms with Gasteiger partial charge in [-0.3, -0.25) is 0 Å². The maximum atomic E-state index is 10.3. The third-order valence-corrected chi connectivity index (χ3v) is 6.90. The van der Waals surface area contributed by atoms with Gasteiger partial charge in [0.1, 0.15) is 30.7 Å². The lowest BCUT2D eigenvalue weighted by Crippen LogP contribution is -2.60. The maximum Gasteiger partial charge on any atom is 0.229 e. The number of benzene rings is 1.